The fourth-order valence-electron chi connectivity index (χ4n) is 0.733. The van der Waals surface area contributed by atoms with Gasteiger partial charge in [0, 0.05) is 6.54 Å². The van der Waals surface area contributed by atoms with Gasteiger partial charge in [0.05, 0.1) is 5.60 Å². The van der Waals surface area contributed by atoms with Crippen molar-refractivity contribution in [3.05, 3.63) is 5.82 Å². The number of carbonyl (C=O) groups is 1. The van der Waals surface area contributed by atoms with Gasteiger partial charge in [-0.15, -0.1) is 10.2 Å². The van der Waals surface area contributed by atoms with Gasteiger partial charge in [0.1, 0.15) is 0 Å². The van der Waals surface area contributed by atoms with Crippen LogP contribution in [0.15, 0.2) is 0 Å². The van der Waals surface area contributed by atoms with Crippen molar-refractivity contribution < 1.29 is 9.90 Å². The van der Waals surface area contributed by atoms with Crippen molar-refractivity contribution >= 4 is 5.91 Å². The zero-order chi connectivity index (χ0) is 10.6. The van der Waals surface area contributed by atoms with Crippen LogP contribution in [0.3, 0.4) is 0 Å². The van der Waals surface area contributed by atoms with Crippen molar-refractivity contribution in [3.63, 3.8) is 0 Å². The topological polar surface area (TPSA) is 104 Å². The Morgan fingerprint density at radius 3 is 2.93 bits per heavy atom. The maximum atomic E-state index is 11.3. The standard InChI is InChI=1S/C7H13N5O2/c1-3-7(2,14)4-8-6(13)5-9-11-12-10-5/h14H,3-4H2,1-2H3,(H,8,13)(H,9,10,11,12). The van der Waals surface area contributed by atoms with Gasteiger partial charge in [-0.2, -0.15) is 5.21 Å². The average Bonchev–Trinajstić information content (AvgIpc) is 2.67. The van der Waals surface area contributed by atoms with Gasteiger partial charge in [0.15, 0.2) is 0 Å². The first-order valence-electron chi connectivity index (χ1n) is 4.29. The van der Waals surface area contributed by atoms with Crippen molar-refractivity contribution in [1.82, 2.24) is 25.9 Å². The molecule has 14 heavy (non-hydrogen) atoms. The van der Waals surface area contributed by atoms with E-state index in [0.29, 0.717) is 6.42 Å². The van der Waals surface area contributed by atoms with Gasteiger partial charge in [0.2, 0.25) is 0 Å². The molecule has 0 bridgehead atoms. The molecule has 0 aliphatic rings. The van der Waals surface area contributed by atoms with E-state index in [9.17, 15) is 9.90 Å². The number of tetrazole rings is 1. The lowest BCUT2D eigenvalue weighted by molar-refractivity contribution is 0.0515. The highest BCUT2D eigenvalue weighted by Gasteiger charge is 2.20. The van der Waals surface area contributed by atoms with Crippen LogP contribution in [-0.4, -0.2) is 43.8 Å². The highest BCUT2D eigenvalue weighted by atomic mass is 16.3. The monoisotopic (exact) mass is 199 g/mol. The quantitative estimate of drug-likeness (QED) is 0.582. The summed E-state index contributed by atoms with van der Waals surface area (Å²) in [6, 6.07) is 0. The Morgan fingerprint density at radius 2 is 2.43 bits per heavy atom. The molecule has 0 saturated carbocycles. The molecule has 78 valence electrons. The number of amides is 1. The maximum absolute atomic E-state index is 11.3. The summed E-state index contributed by atoms with van der Waals surface area (Å²) in [6.45, 7) is 3.64. The molecule has 0 radical (unpaired) electrons. The molecule has 0 aromatic carbocycles. The minimum absolute atomic E-state index is 0.0306. The third-order valence-corrected chi connectivity index (χ3v) is 1.94. The smallest absolute Gasteiger partial charge is 0.292 e. The van der Waals surface area contributed by atoms with Gasteiger partial charge in [0.25, 0.3) is 11.7 Å². The average molecular weight is 199 g/mol. The minimum atomic E-state index is -0.903. The number of aliphatic hydroxyl groups is 1. The molecule has 0 spiro atoms. The molecule has 7 heteroatoms. The molecular formula is C7H13N5O2. The summed E-state index contributed by atoms with van der Waals surface area (Å²) in [5.74, 6) is -0.482. The SMILES string of the molecule is CCC(C)(O)CNC(=O)c1nn[nH]n1. The van der Waals surface area contributed by atoms with Crippen molar-refractivity contribution in [1.29, 1.82) is 0 Å². The van der Waals surface area contributed by atoms with E-state index in [4.69, 9.17) is 0 Å². The van der Waals surface area contributed by atoms with Gasteiger partial charge < -0.3 is 10.4 Å². The Hall–Kier alpha value is -1.50. The normalized spacial score (nSPS) is 14.8. The fraction of sp³-hybridized carbons (Fsp3) is 0.714. The second-order valence-electron chi connectivity index (χ2n) is 3.27. The number of aromatic amines is 1. The van der Waals surface area contributed by atoms with Crippen LogP contribution in [0.1, 0.15) is 30.9 Å². The van der Waals surface area contributed by atoms with Gasteiger partial charge in [-0.1, -0.05) is 6.92 Å². The number of H-pyrrole nitrogens is 1. The minimum Gasteiger partial charge on any atom is -0.388 e. The molecular weight excluding hydrogens is 186 g/mol. The molecule has 0 aliphatic carbocycles. The lowest BCUT2D eigenvalue weighted by atomic mass is 10.0. The Labute approximate surface area is 80.9 Å². The fourth-order valence-corrected chi connectivity index (χ4v) is 0.733. The van der Waals surface area contributed by atoms with Crippen LogP contribution in [0.4, 0.5) is 0 Å². The maximum Gasteiger partial charge on any atom is 0.292 e. The molecule has 3 N–H and O–H groups in total. The lowest BCUT2D eigenvalue weighted by Crippen LogP contribution is -2.40. The molecule has 1 rings (SSSR count). The van der Waals surface area contributed by atoms with Gasteiger partial charge in [-0.05, 0) is 18.6 Å². The van der Waals surface area contributed by atoms with Crippen molar-refractivity contribution in [3.8, 4) is 0 Å². The molecule has 0 fully saturated rings. The first kappa shape index (κ1) is 10.6. The van der Waals surface area contributed by atoms with Gasteiger partial charge >= 0.3 is 0 Å². The largest absolute Gasteiger partial charge is 0.388 e. The van der Waals surface area contributed by atoms with Crippen molar-refractivity contribution in [2.45, 2.75) is 25.9 Å². The van der Waals surface area contributed by atoms with Gasteiger partial charge in [-0.3, -0.25) is 4.79 Å². The molecule has 1 amide bonds. The Bertz CT molecular complexity index is 295. The Kier molecular flexibility index (Phi) is 3.13. The van der Waals surface area contributed by atoms with E-state index in [-0.39, 0.29) is 12.4 Å². The third-order valence-electron chi connectivity index (χ3n) is 1.94. The first-order valence-corrected chi connectivity index (χ1v) is 4.29. The van der Waals surface area contributed by atoms with E-state index in [1.54, 1.807) is 6.92 Å². The third kappa shape index (κ3) is 2.77. The Balaban J connectivity index is 2.43. The van der Waals surface area contributed by atoms with Crippen LogP contribution < -0.4 is 5.32 Å². The molecule has 1 aromatic heterocycles. The predicted octanol–water partition coefficient (Wildman–Crippen LogP) is -0.909. The van der Waals surface area contributed by atoms with E-state index in [2.05, 4.69) is 25.9 Å². The summed E-state index contributed by atoms with van der Waals surface area (Å²) < 4.78 is 0. The zero-order valence-corrected chi connectivity index (χ0v) is 8.11. The summed E-state index contributed by atoms with van der Waals surface area (Å²) in [7, 11) is 0. The summed E-state index contributed by atoms with van der Waals surface area (Å²) in [5.41, 5.74) is -0.903. The van der Waals surface area contributed by atoms with E-state index < -0.39 is 11.5 Å². The molecule has 7 nitrogen and oxygen atoms in total. The molecule has 0 saturated heterocycles. The highest BCUT2D eigenvalue weighted by molar-refractivity contribution is 5.90. The number of hydrogen-bond acceptors (Lipinski definition) is 5. The van der Waals surface area contributed by atoms with Crippen molar-refractivity contribution in [2.24, 2.45) is 0 Å². The predicted molar refractivity (Wildman–Crippen MR) is 47.4 cm³/mol. The molecule has 1 atom stereocenters. The van der Waals surface area contributed by atoms with E-state index in [0.717, 1.165) is 0 Å². The molecule has 1 aromatic rings. The van der Waals surface area contributed by atoms with E-state index in [1.807, 2.05) is 6.92 Å². The van der Waals surface area contributed by atoms with Gasteiger partial charge in [-0.25, -0.2) is 0 Å². The lowest BCUT2D eigenvalue weighted by Gasteiger charge is -2.20. The van der Waals surface area contributed by atoms with Crippen LogP contribution >= 0.6 is 0 Å². The Morgan fingerprint density at radius 1 is 1.71 bits per heavy atom. The summed E-state index contributed by atoms with van der Waals surface area (Å²) in [5, 5.41) is 24.5. The molecule has 1 unspecified atom stereocenters. The number of carbonyl (C=O) groups excluding carboxylic acids is 1. The number of rotatable bonds is 4. The zero-order valence-electron chi connectivity index (χ0n) is 8.11. The first-order chi connectivity index (χ1) is 6.55. The number of hydrogen-bond donors (Lipinski definition) is 3. The van der Waals surface area contributed by atoms with Crippen LogP contribution in [0, 0.1) is 0 Å². The molecule has 1 heterocycles. The van der Waals surface area contributed by atoms with Crippen molar-refractivity contribution in [2.75, 3.05) is 6.54 Å². The number of nitrogens with one attached hydrogen (secondary N) is 2. The van der Waals surface area contributed by atoms with E-state index in [1.165, 1.54) is 0 Å². The van der Waals surface area contributed by atoms with Crippen LogP contribution in [0.25, 0.3) is 0 Å². The van der Waals surface area contributed by atoms with E-state index >= 15 is 0 Å². The summed E-state index contributed by atoms with van der Waals surface area (Å²) >= 11 is 0. The summed E-state index contributed by atoms with van der Waals surface area (Å²) in [6.07, 6.45) is 0.555. The highest BCUT2D eigenvalue weighted by Crippen LogP contribution is 2.05. The second-order valence-corrected chi connectivity index (χ2v) is 3.27. The number of nitrogens with zero attached hydrogens (tertiary/aromatic N) is 3. The number of aromatic nitrogens is 4. The second kappa shape index (κ2) is 4.14. The molecule has 0 aliphatic heterocycles. The van der Waals surface area contributed by atoms with Crippen LogP contribution in [-0.2, 0) is 0 Å². The van der Waals surface area contributed by atoms with Crippen LogP contribution in [0.2, 0.25) is 0 Å². The van der Waals surface area contributed by atoms with Crippen LogP contribution in [0.5, 0.6) is 0 Å². The summed E-state index contributed by atoms with van der Waals surface area (Å²) in [4.78, 5) is 11.3.